The first-order valence-corrected chi connectivity index (χ1v) is 7.91. The van der Waals surface area contributed by atoms with E-state index in [0.717, 1.165) is 37.4 Å². The molecular weight excluding hydrogens is 269 g/mol. The van der Waals surface area contributed by atoms with E-state index in [1.807, 2.05) is 0 Å². The van der Waals surface area contributed by atoms with E-state index in [-0.39, 0.29) is 5.82 Å². The fourth-order valence-corrected chi connectivity index (χ4v) is 3.37. The molecule has 1 aromatic rings. The second kappa shape index (κ2) is 6.28. The minimum absolute atomic E-state index is 0.268. The van der Waals surface area contributed by atoms with Gasteiger partial charge < -0.3 is 15.0 Å². The van der Waals surface area contributed by atoms with Gasteiger partial charge in [-0.05, 0) is 25.3 Å². The van der Waals surface area contributed by atoms with Crippen LogP contribution in [0.25, 0.3) is 0 Å². The third kappa shape index (κ3) is 3.19. The van der Waals surface area contributed by atoms with Crippen molar-refractivity contribution < 1.29 is 9.13 Å². The lowest BCUT2D eigenvalue weighted by molar-refractivity contribution is 0.0252. The lowest BCUT2D eigenvalue weighted by atomic mass is 10.1. The molecule has 116 valence electrons. The molecule has 1 saturated heterocycles. The van der Waals surface area contributed by atoms with Crippen LogP contribution in [0.4, 0.5) is 10.2 Å². The SMILES string of the molecule is CC(C)NCc1cc(F)cnc1N1CCOC2CCCC21. The Bertz CT molecular complexity index is 494. The molecule has 1 aromatic heterocycles. The summed E-state index contributed by atoms with van der Waals surface area (Å²) in [7, 11) is 0. The molecular formula is C16H24FN3O. The summed E-state index contributed by atoms with van der Waals surface area (Å²) >= 11 is 0. The van der Waals surface area contributed by atoms with Gasteiger partial charge in [-0.1, -0.05) is 13.8 Å². The monoisotopic (exact) mass is 293 g/mol. The van der Waals surface area contributed by atoms with Crippen molar-refractivity contribution in [2.45, 2.75) is 57.8 Å². The molecule has 2 unspecified atom stereocenters. The standard InChI is InChI=1S/C16H24FN3O/c1-11(2)18-9-12-8-13(17)10-19-16(12)20-6-7-21-15-5-3-4-14(15)20/h8,10-11,14-15,18H,3-7,9H2,1-2H3. The number of nitrogens with one attached hydrogen (secondary N) is 1. The van der Waals surface area contributed by atoms with Gasteiger partial charge in [0.1, 0.15) is 11.6 Å². The molecule has 21 heavy (non-hydrogen) atoms. The predicted molar refractivity (Wildman–Crippen MR) is 80.9 cm³/mol. The largest absolute Gasteiger partial charge is 0.374 e. The van der Waals surface area contributed by atoms with E-state index >= 15 is 0 Å². The van der Waals surface area contributed by atoms with E-state index in [4.69, 9.17) is 4.74 Å². The third-order valence-electron chi connectivity index (χ3n) is 4.36. The zero-order valence-corrected chi connectivity index (χ0v) is 12.8. The van der Waals surface area contributed by atoms with Gasteiger partial charge >= 0.3 is 0 Å². The molecule has 0 radical (unpaired) electrons. The summed E-state index contributed by atoms with van der Waals surface area (Å²) in [5.74, 6) is 0.653. The topological polar surface area (TPSA) is 37.4 Å². The van der Waals surface area contributed by atoms with Crippen molar-refractivity contribution in [2.75, 3.05) is 18.1 Å². The number of fused-ring (bicyclic) bond motifs is 1. The van der Waals surface area contributed by atoms with Crippen LogP contribution in [0.1, 0.15) is 38.7 Å². The Morgan fingerprint density at radius 2 is 2.33 bits per heavy atom. The molecule has 1 aliphatic carbocycles. The van der Waals surface area contributed by atoms with E-state index in [2.05, 4.69) is 29.0 Å². The summed E-state index contributed by atoms with van der Waals surface area (Å²) in [6, 6.07) is 2.37. The Morgan fingerprint density at radius 3 is 3.14 bits per heavy atom. The van der Waals surface area contributed by atoms with E-state index in [9.17, 15) is 4.39 Å². The first kappa shape index (κ1) is 14.7. The second-order valence-corrected chi connectivity index (χ2v) is 6.27. The van der Waals surface area contributed by atoms with E-state index in [1.165, 1.54) is 12.6 Å². The first-order chi connectivity index (χ1) is 10.1. The summed E-state index contributed by atoms with van der Waals surface area (Å²) in [5.41, 5.74) is 0.941. The maximum Gasteiger partial charge on any atom is 0.141 e. The van der Waals surface area contributed by atoms with E-state index < -0.39 is 0 Å². The number of aromatic nitrogens is 1. The Hall–Kier alpha value is -1.20. The van der Waals surface area contributed by atoms with Crippen molar-refractivity contribution in [3.05, 3.63) is 23.6 Å². The highest BCUT2D eigenvalue weighted by Gasteiger charge is 2.37. The normalized spacial score (nSPS) is 25.4. The molecule has 5 heteroatoms. The van der Waals surface area contributed by atoms with Gasteiger partial charge in [0.05, 0.1) is 24.9 Å². The van der Waals surface area contributed by atoms with Gasteiger partial charge in [0.25, 0.3) is 0 Å². The lowest BCUT2D eigenvalue weighted by Gasteiger charge is -2.39. The smallest absolute Gasteiger partial charge is 0.141 e. The molecule has 2 atom stereocenters. The number of halogens is 1. The number of nitrogens with zero attached hydrogens (tertiary/aromatic N) is 2. The molecule has 1 aliphatic heterocycles. The number of ether oxygens (including phenoxy) is 1. The highest BCUT2D eigenvalue weighted by atomic mass is 19.1. The van der Waals surface area contributed by atoms with E-state index in [1.54, 1.807) is 6.07 Å². The van der Waals surface area contributed by atoms with Crippen LogP contribution in [0.15, 0.2) is 12.3 Å². The number of hydrogen-bond donors (Lipinski definition) is 1. The van der Waals surface area contributed by atoms with Gasteiger partial charge in [-0.15, -0.1) is 0 Å². The summed E-state index contributed by atoms with van der Waals surface area (Å²) in [4.78, 5) is 6.73. The van der Waals surface area contributed by atoms with Crippen LogP contribution in [0.3, 0.4) is 0 Å². The van der Waals surface area contributed by atoms with Gasteiger partial charge in [-0.3, -0.25) is 0 Å². The van der Waals surface area contributed by atoms with Gasteiger partial charge in [-0.2, -0.15) is 0 Å². The van der Waals surface area contributed by atoms with Gasteiger partial charge in [0.15, 0.2) is 0 Å². The minimum atomic E-state index is -0.268. The van der Waals surface area contributed by atoms with Gasteiger partial charge in [0.2, 0.25) is 0 Å². The number of pyridine rings is 1. The average molecular weight is 293 g/mol. The average Bonchev–Trinajstić information content (AvgIpc) is 2.93. The number of rotatable bonds is 4. The summed E-state index contributed by atoms with van der Waals surface area (Å²) in [5, 5.41) is 3.36. The maximum atomic E-state index is 13.6. The summed E-state index contributed by atoms with van der Waals surface area (Å²) < 4.78 is 19.4. The molecule has 1 N–H and O–H groups in total. The van der Waals surface area contributed by atoms with Crippen molar-refractivity contribution in [2.24, 2.45) is 0 Å². The quantitative estimate of drug-likeness (QED) is 0.925. The van der Waals surface area contributed by atoms with Crippen LogP contribution in [-0.2, 0) is 11.3 Å². The molecule has 2 aliphatic rings. The molecule has 2 heterocycles. The first-order valence-electron chi connectivity index (χ1n) is 7.91. The highest BCUT2D eigenvalue weighted by Crippen LogP contribution is 2.33. The van der Waals surface area contributed by atoms with Crippen molar-refractivity contribution in [3.63, 3.8) is 0 Å². The zero-order valence-electron chi connectivity index (χ0n) is 12.8. The summed E-state index contributed by atoms with van der Waals surface area (Å²) in [6.07, 6.45) is 5.11. The number of morpholine rings is 1. The number of hydrogen-bond acceptors (Lipinski definition) is 4. The van der Waals surface area contributed by atoms with Crippen LogP contribution in [0.2, 0.25) is 0 Å². The fourth-order valence-electron chi connectivity index (χ4n) is 3.37. The van der Waals surface area contributed by atoms with Crippen LogP contribution < -0.4 is 10.2 Å². The van der Waals surface area contributed by atoms with Crippen LogP contribution in [0.5, 0.6) is 0 Å². The Labute approximate surface area is 125 Å². The van der Waals surface area contributed by atoms with Crippen LogP contribution in [0, 0.1) is 5.82 Å². The Kier molecular flexibility index (Phi) is 4.40. The molecule has 0 amide bonds. The fraction of sp³-hybridized carbons (Fsp3) is 0.688. The van der Waals surface area contributed by atoms with Crippen molar-refractivity contribution >= 4 is 5.82 Å². The second-order valence-electron chi connectivity index (χ2n) is 6.27. The molecule has 3 rings (SSSR count). The third-order valence-corrected chi connectivity index (χ3v) is 4.36. The van der Waals surface area contributed by atoms with Gasteiger partial charge in [-0.25, -0.2) is 9.37 Å². The van der Waals surface area contributed by atoms with Gasteiger partial charge in [0, 0.05) is 24.7 Å². The zero-order chi connectivity index (χ0) is 14.8. The van der Waals surface area contributed by atoms with Crippen LogP contribution in [-0.4, -0.2) is 36.3 Å². The minimum Gasteiger partial charge on any atom is -0.374 e. The van der Waals surface area contributed by atoms with E-state index in [0.29, 0.717) is 24.7 Å². The molecule has 0 spiro atoms. The Morgan fingerprint density at radius 1 is 1.48 bits per heavy atom. The van der Waals surface area contributed by atoms with Crippen LogP contribution >= 0.6 is 0 Å². The molecule has 2 fully saturated rings. The molecule has 4 nitrogen and oxygen atoms in total. The lowest BCUT2D eigenvalue weighted by Crippen LogP contribution is -2.49. The number of anilines is 1. The molecule has 0 bridgehead atoms. The van der Waals surface area contributed by atoms with Crippen molar-refractivity contribution in [3.8, 4) is 0 Å². The highest BCUT2D eigenvalue weighted by molar-refractivity contribution is 5.49. The summed E-state index contributed by atoms with van der Waals surface area (Å²) in [6.45, 7) is 6.40. The maximum absolute atomic E-state index is 13.6. The van der Waals surface area contributed by atoms with Crippen molar-refractivity contribution in [1.82, 2.24) is 10.3 Å². The Balaban J connectivity index is 1.86. The van der Waals surface area contributed by atoms with Crippen molar-refractivity contribution in [1.29, 1.82) is 0 Å². The molecule has 0 aromatic carbocycles. The predicted octanol–water partition coefficient (Wildman–Crippen LogP) is 2.48. The molecule has 1 saturated carbocycles.